The van der Waals surface area contributed by atoms with E-state index >= 15 is 0 Å². The summed E-state index contributed by atoms with van der Waals surface area (Å²) in [7, 11) is 0. The Kier molecular flexibility index (Phi) is 6.22. The Morgan fingerprint density at radius 3 is 2.36 bits per heavy atom. The average molecular weight is 384 g/mol. The van der Waals surface area contributed by atoms with Crippen LogP contribution in [0, 0.1) is 11.6 Å². The van der Waals surface area contributed by atoms with Gasteiger partial charge in [-0.3, -0.25) is 4.79 Å². The zero-order valence-electron chi connectivity index (χ0n) is 14.9. The van der Waals surface area contributed by atoms with Crippen molar-refractivity contribution >= 4 is 5.97 Å². The predicted molar refractivity (Wildman–Crippen MR) is 99.6 cm³/mol. The van der Waals surface area contributed by atoms with Crippen molar-refractivity contribution in [1.82, 2.24) is 0 Å². The number of hydrogen-bond donors (Lipinski definition) is 1. The van der Waals surface area contributed by atoms with Crippen LogP contribution in [0.3, 0.4) is 0 Å². The largest absolute Gasteiger partial charge is 0.486 e. The number of ether oxygens (including phenoxy) is 2. The molecule has 28 heavy (non-hydrogen) atoms. The van der Waals surface area contributed by atoms with Gasteiger partial charge < -0.3 is 14.6 Å². The lowest BCUT2D eigenvalue weighted by Gasteiger charge is -2.10. The van der Waals surface area contributed by atoms with E-state index in [0.717, 1.165) is 5.56 Å². The van der Waals surface area contributed by atoms with Gasteiger partial charge in [-0.05, 0) is 53.9 Å². The molecular formula is C22H18F2O4. The van der Waals surface area contributed by atoms with Crippen molar-refractivity contribution in [2.75, 3.05) is 0 Å². The lowest BCUT2D eigenvalue weighted by molar-refractivity contribution is -0.136. The first kappa shape index (κ1) is 19.4. The summed E-state index contributed by atoms with van der Waals surface area (Å²) in [6.45, 7) is 0.117. The molecule has 1 N–H and O–H groups in total. The van der Waals surface area contributed by atoms with Gasteiger partial charge in [0.15, 0.2) is 11.6 Å². The zero-order chi connectivity index (χ0) is 19.9. The van der Waals surface area contributed by atoms with Crippen LogP contribution in [0.5, 0.6) is 17.2 Å². The van der Waals surface area contributed by atoms with Gasteiger partial charge in [0.25, 0.3) is 0 Å². The summed E-state index contributed by atoms with van der Waals surface area (Å²) in [5, 5.41) is 8.69. The highest BCUT2D eigenvalue weighted by Gasteiger charge is 2.08. The third-order valence-electron chi connectivity index (χ3n) is 3.95. The third kappa shape index (κ3) is 5.54. The molecule has 0 amide bonds. The van der Waals surface area contributed by atoms with Gasteiger partial charge in [0.1, 0.15) is 23.9 Å². The van der Waals surface area contributed by atoms with Crippen LogP contribution in [-0.4, -0.2) is 11.1 Å². The highest BCUT2D eigenvalue weighted by Crippen LogP contribution is 2.24. The second-order valence-electron chi connectivity index (χ2n) is 6.15. The molecule has 0 aliphatic rings. The molecule has 0 aromatic heterocycles. The van der Waals surface area contributed by atoms with Gasteiger partial charge in [-0.1, -0.05) is 24.3 Å². The molecule has 0 atom stereocenters. The molecule has 144 valence electrons. The van der Waals surface area contributed by atoms with Crippen LogP contribution in [0.1, 0.15) is 17.5 Å². The Balaban J connectivity index is 1.62. The van der Waals surface area contributed by atoms with Crippen molar-refractivity contribution in [3.05, 3.63) is 89.5 Å². The summed E-state index contributed by atoms with van der Waals surface area (Å²) in [5.41, 5.74) is 1.35. The Morgan fingerprint density at radius 1 is 0.893 bits per heavy atom. The molecular weight excluding hydrogens is 366 g/mol. The second-order valence-corrected chi connectivity index (χ2v) is 6.15. The van der Waals surface area contributed by atoms with E-state index in [-0.39, 0.29) is 31.0 Å². The minimum Gasteiger partial charge on any atom is -0.486 e. The molecule has 6 heteroatoms. The van der Waals surface area contributed by atoms with Crippen LogP contribution in [0.25, 0.3) is 0 Å². The van der Waals surface area contributed by atoms with E-state index < -0.39 is 11.8 Å². The molecule has 0 saturated carbocycles. The van der Waals surface area contributed by atoms with Crippen molar-refractivity contribution in [2.24, 2.45) is 0 Å². The lowest BCUT2D eigenvalue weighted by atomic mass is 10.1. The fourth-order valence-corrected chi connectivity index (χ4v) is 2.59. The third-order valence-corrected chi connectivity index (χ3v) is 3.95. The van der Waals surface area contributed by atoms with Crippen LogP contribution in [-0.2, 0) is 17.8 Å². The molecule has 0 spiro atoms. The summed E-state index contributed by atoms with van der Waals surface area (Å²) >= 11 is 0. The van der Waals surface area contributed by atoms with Crippen LogP contribution in [0.15, 0.2) is 66.7 Å². The Labute approximate surface area is 161 Å². The van der Waals surface area contributed by atoms with Crippen molar-refractivity contribution in [2.45, 2.75) is 19.4 Å². The number of aryl methyl sites for hydroxylation is 1. The van der Waals surface area contributed by atoms with Crippen molar-refractivity contribution < 1.29 is 28.2 Å². The number of benzene rings is 3. The van der Waals surface area contributed by atoms with E-state index in [9.17, 15) is 13.6 Å². The van der Waals surface area contributed by atoms with Gasteiger partial charge >= 0.3 is 5.97 Å². The maximum Gasteiger partial charge on any atom is 0.303 e. The Hall–Kier alpha value is -3.41. The molecule has 3 rings (SSSR count). The Bertz CT molecular complexity index is 972. The molecule has 0 fully saturated rings. The van der Waals surface area contributed by atoms with Gasteiger partial charge in [0.2, 0.25) is 0 Å². The van der Waals surface area contributed by atoms with Gasteiger partial charge in [-0.15, -0.1) is 0 Å². The fraction of sp³-hybridized carbons (Fsp3) is 0.136. The molecule has 0 bridgehead atoms. The van der Waals surface area contributed by atoms with Crippen molar-refractivity contribution in [3.8, 4) is 17.2 Å². The van der Waals surface area contributed by atoms with Crippen LogP contribution < -0.4 is 9.47 Å². The number of halogens is 2. The van der Waals surface area contributed by atoms with E-state index in [1.807, 2.05) is 0 Å². The maximum atomic E-state index is 14.1. The first-order chi connectivity index (χ1) is 13.5. The number of carboxylic acids is 1. The highest BCUT2D eigenvalue weighted by atomic mass is 19.1. The van der Waals surface area contributed by atoms with E-state index in [0.29, 0.717) is 17.1 Å². The number of hydrogen-bond acceptors (Lipinski definition) is 3. The number of carboxylic acid groups (broad SMARTS) is 1. The molecule has 4 nitrogen and oxygen atoms in total. The molecule has 0 radical (unpaired) electrons. The number of aliphatic carboxylic acids is 1. The second kappa shape index (κ2) is 8.99. The quantitative estimate of drug-likeness (QED) is 0.569. The highest BCUT2D eigenvalue weighted by molar-refractivity contribution is 5.67. The first-order valence-corrected chi connectivity index (χ1v) is 8.65. The van der Waals surface area contributed by atoms with Crippen LogP contribution in [0.2, 0.25) is 0 Å². The van der Waals surface area contributed by atoms with Crippen molar-refractivity contribution in [3.63, 3.8) is 0 Å². The minimum atomic E-state index is -0.930. The van der Waals surface area contributed by atoms with Crippen LogP contribution >= 0.6 is 0 Å². The summed E-state index contributed by atoms with van der Waals surface area (Å²) < 4.78 is 38.5. The van der Waals surface area contributed by atoms with E-state index in [2.05, 4.69) is 0 Å². The SMILES string of the molecule is O=C(O)CCc1ccc(OCc2cccc(Oc3cccc(F)c3)c2)c(F)c1. The minimum absolute atomic E-state index is 0.0578. The molecule has 0 aliphatic heterocycles. The van der Waals surface area contributed by atoms with Crippen molar-refractivity contribution in [1.29, 1.82) is 0 Å². The predicted octanol–water partition coefficient (Wildman–Crippen LogP) is 5.35. The molecule has 3 aromatic carbocycles. The zero-order valence-corrected chi connectivity index (χ0v) is 14.9. The monoisotopic (exact) mass is 384 g/mol. The molecule has 0 aliphatic carbocycles. The average Bonchev–Trinajstić information content (AvgIpc) is 2.66. The number of carbonyl (C=O) groups is 1. The van der Waals surface area contributed by atoms with Crippen LogP contribution in [0.4, 0.5) is 8.78 Å². The van der Waals surface area contributed by atoms with Gasteiger partial charge in [-0.2, -0.15) is 0 Å². The topological polar surface area (TPSA) is 55.8 Å². The number of rotatable bonds is 8. The van der Waals surface area contributed by atoms with Gasteiger partial charge in [0.05, 0.1) is 0 Å². The lowest BCUT2D eigenvalue weighted by Crippen LogP contribution is -2.00. The maximum absolute atomic E-state index is 14.1. The summed E-state index contributed by atoms with van der Waals surface area (Å²) in [5.74, 6) is -0.900. The molecule has 3 aromatic rings. The van der Waals surface area contributed by atoms with E-state index in [4.69, 9.17) is 14.6 Å². The summed E-state index contributed by atoms with van der Waals surface area (Å²) in [6.07, 6.45) is 0.198. The smallest absolute Gasteiger partial charge is 0.303 e. The molecule has 0 unspecified atom stereocenters. The van der Waals surface area contributed by atoms with E-state index in [1.54, 1.807) is 42.5 Å². The standard InChI is InChI=1S/C22H18F2O4/c23-17-4-2-6-19(13-17)28-18-5-1-3-16(11-18)14-27-21-9-7-15(12-20(21)24)8-10-22(25)26/h1-7,9,11-13H,8,10,14H2,(H,25,26). The fourth-order valence-electron chi connectivity index (χ4n) is 2.59. The normalized spacial score (nSPS) is 10.5. The van der Waals surface area contributed by atoms with Gasteiger partial charge in [0, 0.05) is 12.5 Å². The Morgan fingerprint density at radius 2 is 1.64 bits per heavy atom. The summed E-state index contributed by atoms with van der Waals surface area (Å²) in [4.78, 5) is 10.6. The van der Waals surface area contributed by atoms with E-state index in [1.165, 1.54) is 24.3 Å². The molecule has 0 heterocycles. The van der Waals surface area contributed by atoms with Gasteiger partial charge in [-0.25, -0.2) is 8.78 Å². The summed E-state index contributed by atoms with van der Waals surface area (Å²) in [6, 6.07) is 17.2. The first-order valence-electron chi connectivity index (χ1n) is 8.65. The molecule has 0 saturated heterocycles.